The Balaban J connectivity index is 0.998. The number of anilines is 1. The molecule has 0 aliphatic carbocycles. The molecule has 23 N–H and O–H groups in total. The van der Waals surface area contributed by atoms with Crippen LogP contribution in [0.15, 0.2) is 121 Å². The number of fused-ring (bicyclic) bond motifs is 15. The van der Waals surface area contributed by atoms with Crippen LogP contribution < -0.4 is 83.4 Å². The zero-order valence-electron chi connectivity index (χ0n) is 67.7. The molecule has 7 aliphatic heterocycles. The van der Waals surface area contributed by atoms with Crippen LogP contribution in [0, 0.1) is 11.7 Å². The van der Waals surface area contributed by atoms with Crippen molar-refractivity contribution < 1.29 is 145 Å². The molecule has 0 radical (unpaired) electrons. The molecule has 2 fully saturated rings. The monoisotopic (exact) mass is 1820 g/mol. The van der Waals surface area contributed by atoms with Crippen molar-refractivity contribution in [2.45, 2.75) is 169 Å². The zero-order chi connectivity index (χ0) is 92.1. The van der Waals surface area contributed by atoms with Crippen molar-refractivity contribution in [3.05, 3.63) is 176 Å². The van der Waals surface area contributed by atoms with Crippen LogP contribution in [-0.4, -0.2) is 216 Å². The molecule has 14 rings (SSSR count). The summed E-state index contributed by atoms with van der Waals surface area (Å²) in [5.74, 6) is -19.3. The van der Waals surface area contributed by atoms with Gasteiger partial charge < -0.3 is 138 Å². The number of aromatic hydroxyl groups is 3. The van der Waals surface area contributed by atoms with E-state index in [1.807, 2.05) is 0 Å². The predicted molar refractivity (Wildman–Crippen MR) is 435 cm³/mol. The predicted octanol–water partition coefficient (Wildman–Crippen LogP) is 2.76. The van der Waals surface area contributed by atoms with E-state index in [0.29, 0.717) is 17.7 Å². The number of primary amides is 1. The average Bonchev–Trinajstić information content (AvgIpc) is 0.763. The van der Waals surface area contributed by atoms with Crippen LogP contribution in [0.1, 0.15) is 121 Å². The van der Waals surface area contributed by atoms with Crippen LogP contribution in [0.4, 0.5) is 23.2 Å². The van der Waals surface area contributed by atoms with Crippen molar-refractivity contribution in [1.29, 1.82) is 0 Å². The molecule has 9 amide bonds. The van der Waals surface area contributed by atoms with Crippen molar-refractivity contribution in [2.24, 2.45) is 11.7 Å². The van der Waals surface area contributed by atoms with E-state index in [-0.39, 0.29) is 59.8 Å². The van der Waals surface area contributed by atoms with Gasteiger partial charge in [-0.15, -0.1) is 13.2 Å². The first-order chi connectivity index (χ1) is 60.1. The van der Waals surface area contributed by atoms with E-state index in [2.05, 4.69) is 63.4 Å². The number of nitrogens with two attached hydrogens (primary N) is 1. The number of likely N-dealkylation sites (N-methyl/N-ethyl adjacent to an activating group) is 1. The summed E-state index contributed by atoms with van der Waals surface area (Å²) in [6, 6.07) is 7.27. The Kier molecular flexibility index (Phi) is 29.4. The fraction of sp³-hybridized carbons (Fsp3) is 0.386. The summed E-state index contributed by atoms with van der Waals surface area (Å²) >= 11 is 14.3. The highest BCUT2D eigenvalue weighted by Crippen LogP contribution is 2.50. The first-order valence-electron chi connectivity index (χ1n) is 39.4. The molecule has 7 heterocycles. The maximum absolute atomic E-state index is 16.3. The second-order valence-corrected chi connectivity index (χ2v) is 31.9. The van der Waals surface area contributed by atoms with Crippen LogP contribution >= 0.6 is 23.2 Å². The fourth-order valence-electron chi connectivity index (χ4n) is 15.0. The van der Waals surface area contributed by atoms with Gasteiger partial charge in [-0.2, -0.15) is 0 Å². The highest BCUT2D eigenvalue weighted by molar-refractivity contribution is 6.32. The number of halogens is 6. The Morgan fingerprint density at radius 2 is 1.34 bits per heavy atom. The number of hydrogen-bond acceptors (Lipinski definition) is 29. The number of nitrogens with one attached hydrogen (secondary N) is 11. The lowest BCUT2D eigenvalue weighted by Crippen LogP contribution is -2.65. The number of amides is 9. The number of alkyl halides is 3. The number of ether oxygens (including phenoxy) is 7. The topological polar surface area (TPSA) is 579 Å². The minimum absolute atomic E-state index is 0.0339. The fourth-order valence-corrected chi connectivity index (χ4v) is 15.4. The van der Waals surface area contributed by atoms with Gasteiger partial charge in [-0.05, 0) is 152 Å². The molecule has 2 saturated heterocycles. The molecule has 7 aliphatic rings. The molecule has 0 saturated carbocycles. The van der Waals surface area contributed by atoms with Gasteiger partial charge in [0.25, 0.3) is 11.8 Å². The number of phenols is 3. The lowest BCUT2D eigenvalue weighted by Gasteiger charge is -2.48. The van der Waals surface area contributed by atoms with Crippen LogP contribution in [0.5, 0.6) is 51.7 Å². The minimum atomic E-state index is -5.21. The molecular formula is C83H90Cl2F4N12O26. The second-order valence-electron chi connectivity index (χ2n) is 31.1. The summed E-state index contributed by atoms with van der Waals surface area (Å²) in [5, 5.41) is 139. The number of hydrogen-bond donors (Lipinski definition) is 22. The maximum Gasteiger partial charge on any atom is 0.573 e. The Labute approximate surface area is 729 Å². The highest BCUT2D eigenvalue weighted by Gasteiger charge is 2.53. The van der Waals surface area contributed by atoms with Gasteiger partial charge in [0.2, 0.25) is 53.4 Å². The Morgan fingerprint density at radius 1 is 0.701 bits per heavy atom. The van der Waals surface area contributed by atoms with Crippen molar-refractivity contribution in [3.63, 3.8) is 0 Å². The van der Waals surface area contributed by atoms with E-state index < -0.39 is 278 Å². The number of carbonyl (C=O) groups is 9. The van der Waals surface area contributed by atoms with Gasteiger partial charge in [0.15, 0.2) is 35.5 Å². The standard InChI is InChI=1S/C83H90Cl2F4N12O26/c1-33(2)20-48(91-5)74(114)99-64-66(108)37-9-15-52(45(84)22-37)122-55-25-40-26-56(70(55)126-81-71(69(111)68(110)57(32-103)124-81)125-59-30-82(4,72(112)34(3)121-59)92-31-35-6-12-41(13-7-35)94-73(113)39-11-17-54(47(86)24-39)127-83(87,88)89)123-53-16-10-38(23-46(53)85)67(109)65-79(119)98-63(80(120)101-93-18-19-102)44-27-42(104)28-51(106)60(44)43-21-36(8-14-50(43)105)61(76(116)100-65)97-77(117)62(40)96-75(115)49(29-58(90)107)95-78(64)118/h6-17,21-28,33-34,48-49,57,59,61-69,71-72,81,91-93,102-106,108-112H,18-20,29-32H2,1-5H3,(H2,90,107)(H,94,113)(H,95,118)(H,96,115)(H,97,117)(H,98,119)(H,99,114)(H,100,116)(H,101,120)/t34-,48+,49-,57+,59-,61+,62+,63+,64+,65-,66+,67+,68+,69-,71+,72+,81-,82-/m0/s1. The van der Waals surface area contributed by atoms with Crippen molar-refractivity contribution >= 4 is 82.1 Å². The van der Waals surface area contributed by atoms with Gasteiger partial charge >= 0.3 is 6.36 Å². The molecule has 127 heavy (non-hydrogen) atoms. The van der Waals surface area contributed by atoms with Crippen LogP contribution in [0.25, 0.3) is 11.1 Å². The Morgan fingerprint density at radius 3 is 1.95 bits per heavy atom. The van der Waals surface area contributed by atoms with E-state index in [0.717, 1.165) is 78.9 Å². The summed E-state index contributed by atoms with van der Waals surface area (Å²) < 4.78 is 96.0. The van der Waals surface area contributed by atoms with Crippen molar-refractivity contribution in [3.8, 4) is 62.9 Å². The number of hydrazine groups is 1. The third kappa shape index (κ3) is 21.7. The SMILES string of the molecule is CN[C@H](CC(C)C)C(=O)N[C@H]1C(=O)N[C@@H](CC(N)=O)C(=O)N[C@H]2C(=O)N[C@H]3C(=O)N[C@H](C(=O)N[C@@H](C(=O)NNCCO)c4cc(O)cc(O)c4-c4cc3ccc4O)[C@H](O)c3ccc(c(Cl)c3)Oc3cc2cc(c3O[C@@H]2O[C@H](CO)[C@@H](O)[C@H](O)[C@H]2O[C@H]2C[C@](C)(NCc3ccc(NC(=O)c4ccc(OC(F)(F)F)c(F)c4)cc3)[C@H](O)[C@H](C)O2)Oc2ccc(cc2Cl)[C@H]1O. The van der Waals surface area contributed by atoms with Gasteiger partial charge in [-0.1, -0.05) is 67.4 Å². The maximum atomic E-state index is 16.3. The van der Waals surface area contributed by atoms with Crippen molar-refractivity contribution in [1.82, 2.24) is 53.4 Å². The Bertz CT molecular complexity index is 5340. The molecular weight excluding hydrogens is 1730 g/mol. The first-order valence-corrected chi connectivity index (χ1v) is 40.2. The molecule has 0 spiro atoms. The summed E-state index contributed by atoms with van der Waals surface area (Å²) in [7, 11) is 1.45. The first kappa shape index (κ1) is 94.3. The van der Waals surface area contributed by atoms with E-state index in [9.17, 15) is 87.8 Å². The molecule has 7 aromatic carbocycles. The molecule has 680 valence electrons. The largest absolute Gasteiger partial charge is 0.573 e. The summed E-state index contributed by atoms with van der Waals surface area (Å²) in [6.45, 7) is 4.76. The summed E-state index contributed by atoms with van der Waals surface area (Å²) in [4.78, 5) is 133. The summed E-state index contributed by atoms with van der Waals surface area (Å²) in [5.41, 5.74) is 6.60. The number of aliphatic hydroxyl groups excluding tert-OH is 7. The minimum Gasteiger partial charge on any atom is -0.508 e. The number of phenolic OH excluding ortho intramolecular Hbond substituents is 3. The molecule has 7 aromatic rings. The zero-order valence-corrected chi connectivity index (χ0v) is 69.3. The van der Waals surface area contributed by atoms with Crippen LogP contribution in [-0.2, 0) is 59.1 Å². The number of carbonyl (C=O) groups excluding carboxylic acids is 9. The molecule has 0 unspecified atom stereocenters. The third-order valence-electron chi connectivity index (χ3n) is 21.5. The van der Waals surface area contributed by atoms with Gasteiger partial charge in [-0.3, -0.25) is 48.6 Å². The van der Waals surface area contributed by atoms with Crippen molar-refractivity contribution in [2.75, 3.05) is 32.1 Å². The molecule has 0 aromatic heterocycles. The van der Waals surface area contributed by atoms with E-state index >= 15 is 24.0 Å². The molecule has 18 atom stereocenters. The smallest absolute Gasteiger partial charge is 0.508 e. The summed E-state index contributed by atoms with van der Waals surface area (Å²) in [6.07, 6.45) is -25.0. The average molecular weight is 1820 g/mol. The van der Waals surface area contributed by atoms with Gasteiger partial charge in [-0.25, -0.2) is 9.82 Å². The van der Waals surface area contributed by atoms with E-state index in [1.54, 1.807) is 32.9 Å². The number of rotatable bonds is 22. The quantitative estimate of drug-likeness (QED) is 0.0263. The van der Waals surface area contributed by atoms with Crippen LogP contribution in [0.3, 0.4) is 0 Å². The molecule has 38 nitrogen and oxygen atoms in total. The normalized spacial score (nSPS) is 25.8. The number of aliphatic hydroxyl groups is 7. The second kappa shape index (κ2) is 39.6. The van der Waals surface area contributed by atoms with E-state index in [1.165, 1.54) is 32.2 Å². The molecule has 44 heteroatoms. The van der Waals surface area contributed by atoms with Gasteiger partial charge in [0.05, 0.1) is 47.9 Å². The molecule has 11 bridgehead atoms. The third-order valence-corrected chi connectivity index (χ3v) is 22.1. The van der Waals surface area contributed by atoms with Crippen LogP contribution in [0.2, 0.25) is 10.0 Å². The lowest BCUT2D eigenvalue weighted by atomic mass is 9.84. The Hall–Kier alpha value is -11.9. The number of benzene rings is 7. The van der Waals surface area contributed by atoms with Gasteiger partial charge in [0, 0.05) is 53.5 Å². The lowest BCUT2D eigenvalue weighted by molar-refractivity contribution is -0.334. The highest BCUT2D eigenvalue weighted by atomic mass is 35.5. The van der Waals surface area contributed by atoms with Gasteiger partial charge in [0.1, 0.15) is 95.5 Å². The van der Waals surface area contributed by atoms with E-state index in [4.69, 9.17) is 57.4 Å².